The fourth-order valence-corrected chi connectivity index (χ4v) is 2.09. The lowest BCUT2D eigenvalue weighted by Crippen LogP contribution is -2.50. The summed E-state index contributed by atoms with van der Waals surface area (Å²) in [6.45, 7) is 6.29. The number of hydrogen-bond acceptors (Lipinski definition) is 4. The number of methoxy groups -OCH3 is 1. The molecular weight excluding hydrogens is 204 g/mol. The van der Waals surface area contributed by atoms with Crippen molar-refractivity contribution in [3.05, 3.63) is 0 Å². The quantitative estimate of drug-likeness (QED) is 0.725. The second-order valence-electron chi connectivity index (χ2n) is 4.99. The minimum atomic E-state index is -0.168. The molecule has 0 aromatic rings. The van der Waals surface area contributed by atoms with E-state index in [2.05, 4.69) is 17.3 Å². The monoisotopic (exact) mass is 228 g/mol. The summed E-state index contributed by atoms with van der Waals surface area (Å²) in [5, 5.41) is 3.43. The Kier molecular flexibility index (Phi) is 5.22. The van der Waals surface area contributed by atoms with Crippen LogP contribution in [0.4, 0.5) is 0 Å². The molecule has 1 heterocycles. The van der Waals surface area contributed by atoms with Crippen molar-refractivity contribution in [3.63, 3.8) is 0 Å². The number of ether oxygens (including phenoxy) is 1. The fraction of sp³-hybridized carbons (Fsp3) is 0.917. The van der Waals surface area contributed by atoms with Crippen molar-refractivity contribution in [1.82, 2.24) is 10.2 Å². The largest absolute Gasteiger partial charge is 0.468 e. The maximum Gasteiger partial charge on any atom is 0.323 e. The van der Waals surface area contributed by atoms with E-state index < -0.39 is 0 Å². The summed E-state index contributed by atoms with van der Waals surface area (Å²) in [5.41, 5.74) is 0. The summed E-state index contributed by atoms with van der Waals surface area (Å²) in [7, 11) is 3.59. The van der Waals surface area contributed by atoms with E-state index in [0.717, 1.165) is 25.9 Å². The van der Waals surface area contributed by atoms with Crippen LogP contribution in [-0.2, 0) is 9.53 Å². The summed E-state index contributed by atoms with van der Waals surface area (Å²) in [4.78, 5) is 13.9. The minimum Gasteiger partial charge on any atom is -0.468 e. The van der Waals surface area contributed by atoms with Crippen LogP contribution in [0.3, 0.4) is 0 Å². The Labute approximate surface area is 98.3 Å². The van der Waals surface area contributed by atoms with Gasteiger partial charge in [-0.1, -0.05) is 13.8 Å². The molecule has 94 valence electrons. The second kappa shape index (κ2) is 6.21. The molecule has 1 atom stereocenters. The molecule has 1 aliphatic rings. The van der Waals surface area contributed by atoms with Gasteiger partial charge in [0.25, 0.3) is 0 Å². The van der Waals surface area contributed by atoms with Gasteiger partial charge in [-0.15, -0.1) is 0 Å². The SMILES string of the molecule is COC(=O)[C@@H](NC1CCN(C)CC1)C(C)C. The highest BCUT2D eigenvalue weighted by Gasteiger charge is 2.27. The van der Waals surface area contributed by atoms with E-state index in [9.17, 15) is 4.79 Å². The van der Waals surface area contributed by atoms with Crippen LogP contribution >= 0.6 is 0 Å². The lowest BCUT2D eigenvalue weighted by molar-refractivity contribution is -0.144. The van der Waals surface area contributed by atoms with Crippen LogP contribution in [-0.4, -0.2) is 50.2 Å². The van der Waals surface area contributed by atoms with Crippen LogP contribution in [0.2, 0.25) is 0 Å². The first kappa shape index (κ1) is 13.5. The van der Waals surface area contributed by atoms with E-state index in [1.165, 1.54) is 7.11 Å². The molecule has 1 N–H and O–H groups in total. The number of nitrogens with one attached hydrogen (secondary N) is 1. The van der Waals surface area contributed by atoms with Gasteiger partial charge in [0.15, 0.2) is 0 Å². The molecule has 4 nitrogen and oxygen atoms in total. The number of esters is 1. The standard InChI is InChI=1S/C12H24N2O2/c1-9(2)11(12(15)16-4)13-10-5-7-14(3)8-6-10/h9-11,13H,5-8H2,1-4H3/t11-/m0/s1. The summed E-state index contributed by atoms with van der Waals surface area (Å²) in [6, 6.07) is 0.279. The summed E-state index contributed by atoms with van der Waals surface area (Å²) in [5.74, 6) is 0.126. The van der Waals surface area contributed by atoms with Crippen LogP contribution in [0, 0.1) is 5.92 Å². The first-order chi connectivity index (χ1) is 7.54. The summed E-state index contributed by atoms with van der Waals surface area (Å²) >= 11 is 0. The molecule has 0 unspecified atom stereocenters. The Morgan fingerprint density at radius 1 is 1.38 bits per heavy atom. The van der Waals surface area contributed by atoms with Gasteiger partial charge in [0.2, 0.25) is 0 Å². The van der Waals surface area contributed by atoms with Crippen molar-refractivity contribution < 1.29 is 9.53 Å². The van der Waals surface area contributed by atoms with Crippen LogP contribution in [0.5, 0.6) is 0 Å². The maximum absolute atomic E-state index is 11.6. The van der Waals surface area contributed by atoms with E-state index >= 15 is 0 Å². The molecular formula is C12H24N2O2. The topological polar surface area (TPSA) is 41.6 Å². The van der Waals surface area contributed by atoms with Gasteiger partial charge in [-0.3, -0.25) is 4.79 Å². The Hall–Kier alpha value is -0.610. The average Bonchev–Trinajstić information content (AvgIpc) is 2.27. The first-order valence-electron chi connectivity index (χ1n) is 6.07. The smallest absolute Gasteiger partial charge is 0.323 e. The number of carbonyl (C=O) groups excluding carboxylic acids is 1. The molecule has 1 rings (SSSR count). The highest BCUT2D eigenvalue weighted by molar-refractivity contribution is 5.75. The third-order valence-electron chi connectivity index (χ3n) is 3.26. The van der Waals surface area contributed by atoms with E-state index in [1.54, 1.807) is 0 Å². The number of piperidine rings is 1. The zero-order chi connectivity index (χ0) is 12.1. The predicted molar refractivity (Wildman–Crippen MR) is 64.3 cm³/mol. The van der Waals surface area contributed by atoms with Crippen LogP contribution in [0.15, 0.2) is 0 Å². The van der Waals surface area contributed by atoms with E-state index in [1.807, 2.05) is 13.8 Å². The molecule has 0 saturated carbocycles. The molecule has 16 heavy (non-hydrogen) atoms. The number of hydrogen-bond donors (Lipinski definition) is 1. The van der Waals surface area contributed by atoms with E-state index in [0.29, 0.717) is 6.04 Å². The Morgan fingerprint density at radius 3 is 2.38 bits per heavy atom. The third kappa shape index (κ3) is 3.76. The van der Waals surface area contributed by atoms with Gasteiger partial charge in [0, 0.05) is 6.04 Å². The normalized spacial score (nSPS) is 21.1. The van der Waals surface area contributed by atoms with Crippen molar-refractivity contribution in [1.29, 1.82) is 0 Å². The predicted octanol–water partition coefficient (Wildman–Crippen LogP) is 0.868. The van der Waals surface area contributed by atoms with E-state index in [-0.39, 0.29) is 17.9 Å². The molecule has 0 amide bonds. The Morgan fingerprint density at radius 2 is 1.94 bits per heavy atom. The fourth-order valence-electron chi connectivity index (χ4n) is 2.09. The average molecular weight is 228 g/mol. The molecule has 0 bridgehead atoms. The van der Waals surface area contributed by atoms with Gasteiger partial charge in [-0.25, -0.2) is 0 Å². The lowest BCUT2D eigenvalue weighted by Gasteiger charge is -2.32. The second-order valence-corrected chi connectivity index (χ2v) is 4.99. The summed E-state index contributed by atoms with van der Waals surface area (Å²) in [6.07, 6.45) is 2.22. The first-order valence-corrected chi connectivity index (χ1v) is 6.07. The zero-order valence-electron chi connectivity index (χ0n) is 10.8. The molecule has 4 heteroatoms. The zero-order valence-corrected chi connectivity index (χ0v) is 10.8. The van der Waals surface area contributed by atoms with Gasteiger partial charge in [-0.2, -0.15) is 0 Å². The molecule has 1 saturated heterocycles. The number of carbonyl (C=O) groups is 1. The van der Waals surface area contributed by atoms with Gasteiger partial charge in [-0.05, 0) is 38.9 Å². The van der Waals surface area contributed by atoms with Crippen LogP contribution in [0.25, 0.3) is 0 Å². The van der Waals surface area contributed by atoms with Crippen molar-refractivity contribution in [2.45, 2.75) is 38.8 Å². The van der Waals surface area contributed by atoms with Gasteiger partial charge >= 0.3 is 5.97 Å². The van der Waals surface area contributed by atoms with Crippen molar-refractivity contribution >= 4 is 5.97 Å². The lowest BCUT2D eigenvalue weighted by atomic mass is 9.99. The van der Waals surface area contributed by atoms with Gasteiger partial charge < -0.3 is 15.0 Å². The van der Waals surface area contributed by atoms with Crippen LogP contribution in [0.1, 0.15) is 26.7 Å². The molecule has 0 aromatic heterocycles. The van der Waals surface area contributed by atoms with Crippen LogP contribution < -0.4 is 5.32 Å². The van der Waals surface area contributed by atoms with Gasteiger partial charge in [0.1, 0.15) is 6.04 Å². The molecule has 0 radical (unpaired) electrons. The summed E-state index contributed by atoms with van der Waals surface area (Å²) < 4.78 is 4.82. The number of nitrogens with zero attached hydrogens (tertiary/aromatic N) is 1. The minimum absolute atomic E-state index is 0.145. The van der Waals surface area contributed by atoms with Crippen molar-refractivity contribution in [2.75, 3.05) is 27.2 Å². The Balaban J connectivity index is 2.45. The third-order valence-corrected chi connectivity index (χ3v) is 3.26. The molecule has 1 fully saturated rings. The highest BCUT2D eigenvalue weighted by Crippen LogP contribution is 2.12. The highest BCUT2D eigenvalue weighted by atomic mass is 16.5. The molecule has 0 spiro atoms. The van der Waals surface area contributed by atoms with E-state index in [4.69, 9.17) is 4.74 Å². The van der Waals surface area contributed by atoms with Gasteiger partial charge in [0.05, 0.1) is 7.11 Å². The Bertz CT molecular complexity index is 223. The number of likely N-dealkylation sites (tertiary alicyclic amines) is 1. The molecule has 0 aliphatic carbocycles. The van der Waals surface area contributed by atoms with Crippen molar-refractivity contribution in [2.24, 2.45) is 5.92 Å². The number of rotatable bonds is 4. The molecule has 0 aromatic carbocycles. The maximum atomic E-state index is 11.6. The van der Waals surface area contributed by atoms with Crippen molar-refractivity contribution in [3.8, 4) is 0 Å². The molecule has 1 aliphatic heterocycles.